The largest absolute Gasteiger partial charge is 0.510 e. The molecule has 12 heteroatoms. The molecule has 2 aromatic rings. The Morgan fingerprint density at radius 2 is 1.14 bits per heavy atom. The van der Waals surface area contributed by atoms with Crippen molar-refractivity contribution in [2.24, 2.45) is 20.5 Å². The Bertz CT molecular complexity index is 1240. The molecule has 12 nitrogen and oxygen atoms in total. The lowest BCUT2D eigenvalue weighted by molar-refractivity contribution is -0.139. The molecule has 0 aliphatic rings. The Hall–Kier alpha value is -4.87. The third-order valence-electron chi connectivity index (χ3n) is 4.41. The van der Waals surface area contributed by atoms with Gasteiger partial charge in [0.1, 0.15) is 11.5 Å². The van der Waals surface area contributed by atoms with Crippen LogP contribution in [0.5, 0.6) is 0 Å². The van der Waals surface area contributed by atoms with Crippen molar-refractivity contribution in [2.75, 3.05) is 18.5 Å². The summed E-state index contributed by atoms with van der Waals surface area (Å²) in [6, 6.07) is 12.4. The van der Waals surface area contributed by atoms with E-state index in [1.807, 2.05) is 0 Å². The maximum Gasteiger partial charge on any atom is 0.362 e. The second-order valence-electron chi connectivity index (χ2n) is 7.26. The molecule has 2 rings (SSSR count). The molecule has 0 saturated carbocycles. The molecule has 0 unspecified atom stereocenters. The predicted molar refractivity (Wildman–Crippen MR) is 134 cm³/mol. The molecule has 0 fully saturated rings. The van der Waals surface area contributed by atoms with Gasteiger partial charge in [0.2, 0.25) is 11.4 Å². The fourth-order valence-electron chi connectivity index (χ4n) is 2.63. The van der Waals surface area contributed by atoms with Gasteiger partial charge in [0.05, 0.1) is 24.6 Å². The summed E-state index contributed by atoms with van der Waals surface area (Å²) in [7, 11) is 0. The van der Waals surface area contributed by atoms with Crippen molar-refractivity contribution in [1.29, 1.82) is 0 Å². The van der Waals surface area contributed by atoms with Crippen LogP contribution in [-0.2, 0) is 19.1 Å². The molecule has 0 spiro atoms. The van der Waals surface area contributed by atoms with Crippen LogP contribution in [0.3, 0.4) is 0 Å². The fraction of sp³-hybridized carbons (Fsp3) is 0.240. The molecule has 194 valence electrons. The fourth-order valence-corrected chi connectivity index (χ4v) is 2.63. The van der Waals surface area contributed by atoms with Gasteiger partial charge in [-0.1, -0.05) is 0 Å². The van der Waals surface area contributed by atoms with E-state index in [1.54, 1.807) is 38.1 Å². The molecule has 0 aliphatic carbocycles. The quantitative estimate of drug-likeness (QED) is 0.157. The van der Waals surface area contributed by atoms with Gasteiger partial charge in [0.25, 0.3) is 5.91 Å². The number of amides is 1. The Balaban J connectivity index is 2.04. The van der Waals surface area contributed by atoms with E-state index in [1.165, 1.54) is 38.1 Å². The Morgan fingerprint density at radius 1 is 0.730 bits per heavy atom. The summed E-state index contributed by atoms with van der Waals surface area (Å²) in [6.45, 7) is 6.10. The number of aliphatic hydroxyl groups excluding tert-OH is 2. The van der Waals surface area contributed by atoms with Gasteiger partial charge in [-0.25, -0.2) is 9.59 Å². The van der Waals surface area contributed by atoms with E-state index >= 15 is 0 Å². The average molecular weight is 510 g/mol. The summed E-state index contributed by atoms with van der Waals surface area (Å²) in [5.74, 6) is -2.63. The monoisotopic (exact) mass is 509 g/mol. The number of esters is 2. The van der Waals surface area contributed by atoms with Gasteiger partial charge in [0.15, 0.2) is 0 Å². The van der Waals surface area contributed by atoms with Crippen LogP contribution in [0.2, 0.25) is 0 Å². The van der Waals surface area contributed by atoms with Crippen molar-refractivity contribution in [3.63, 3.8) is 0 Å². The molecule has 0 heterocycles. The van der Waals surface area contributed by atoms with Gasteiger partial charge in [-0.15, -0.1) is 10.2 Å². The minimum Gasteiger partial charge on any atom is -0.510 e. The number of benzene rings is 2. The molecule has 1 amide bonds. The van der Waals surface area contributed by atoms with Crippen LogP contribution in [0.1, 0.15) is 38.1 Å². The number of nitrogens with one attached hydrogen (secondary N) is 1. The zero-order valence-electron chi connectivity index (χ0n) is 20.8. The second kappa shape index (κ2) is 13.9. The highest BCUT2D eigenvalue weighted by Crippen LogP contribution is 2.21. The van der Waals surface area contributed by atoms with Gasteiger partial charge in [0, 0.05) is 11.3 Å². The number of azo groups is 2. The molecule has 0 radical (unpaired) electrons. The number of nitrogens with zero attached hydrogens (tertiary/aromatic N) is 4. The molecule has 0 atom stereocenters. The molecular formula is C25H27N5O7. The Kier molecular flexibility index (Phi) is 10.6. The summed E-state index contributed by atoms with van der Waals surface area (Å²) in [4.78, 5) is 36.2. The van der Waals surface area contributed by atoms with Gasteiger partial charge >= 0.3 is 11.9 Å². The summed E-state index contributed by atoms with van der Waals surface area (Å²) in [5.41, 5.74) is 0.932. The number of rotatable bonds is 10. The lowest BCUT2D eigenvalue weighted by Gasteiger charge is -2.06. The van der Waals surface area contributed by atoms with Crippen LogP contribution in [-0.4, -0.2) is 41.3 Å². The zero-order chi connectivity index (χ0) is 27.4. The number of hydrogen-bond donors (Lipinski definition) is 3. The highest BCUT2D eigenvalue weighted by molar-refractivity contribution is 6.04. The molecule has 0 bridgehead atoms. The first-order valence-electron chi connectivity index (χ1n) is 11.1. The number of ether oxygens (including phenoxy) is 2. The summed E-state index contributed by atoms with van der Waals surface area (Å²) >= 11 is 0. The van der Waals surface area contributed by atoms with E-state index in [0.29, 0.717) is 22.6 Å². The Morgan fingerprint density at radius 3 is 1.51 bits per heavy atom. The van der Waals surface area contributed by atoms with E-state index in [9.17, 15) is 24.6 Å². The lowest BCUT2D eigenvalue weighted by Crippen LogP contribution is -2.11. The highest BCUT2D eigenvalue weighted by atomic mass is 16.5. The molecule has 37 heavy (non-hydrogen) atoms. The standard InChI is InChI=1S/C25H27N5O7/c1-5-36-24(34)21(15(3)31)29-27-19-9-7-17(8-10-19)23(33)26-18-11-13-20(14-12-18)28-30-22(16(4)32)25(35)37-6-2/h7-14,31-32H,5-6H2,1-4H3,(H,26,33)/b21-15+,22-16+,29-27?,30-28?. The molecule has 0 aliphatic heterocycles. The van der Waals surface area contributed by atoms with E-state index < -0.39 is 11.9 Å². The number of aliphatic hydroxyl groups is 2. The summed E-state index contributed by atoms with van der Waals surface area (Å²) in [5, 5.41) is 37.2. The number of anilines is 1. The number of carbonyl (C=O) groups is 3. The maximum atomic E-state index is 12.6. The van der Waals surface area contributed by atoms with E-state index in [2.05, 4.69) is 25.8 Å². The van der Waals surface area contributed by atoms with Crippen LogP contribution in [0.25, 0.3) is 0 Å². The van der Waals surface area contributed by atoms with Crippen LogP contribution in [0, 0.1) is 0 Å². The second-order valence-corrected chi connectivity index (χ2v) is 7.26. The maximum absolute atomic E-state index is 12.6. The van der Waals surface area contributed by atoms with E-state index in [-0.39, 0.29) is 42.0 Å². The van der Waals surface area contributed by atoms with Crippen LogP contribution >= 0.6 is 0 Å². The Labute approximate surface area is 213 Å². The first kappa shape index (κ1) is 28.4. The summed E-state index contributed by atoms with van der Waals surface area (Å²) in [6.07, 6.45) is 0. The number of carbonyl (C=O) groups excluding carboxylic acids is 3. The average Bonchev–Trinajstić information content (AvgIpc) is 2.85. The van der Waals surface area contributed by atoms with Crippen molar-refractivity contribution in [1.82, 2.24) is 0 Å². The highest BCUT2D eigenvalue weighted by Gasteiger charge is 2.15. The van der Waals surface area contributed by atoms with E-state index in [0.717, 1.165) is 0 Å². The molecule has 3 N–H and O–H groups in total. The smallest absolute Gasteiger partial charge is 0.362 e. The van der Waals surface area contributed by atoms with Gasteiger partial charge in [-0.3, -0.25) is 4.79 Å². The minimum atomic E-state index is -0.797. The number of hydrogen-bond acceptors (Lipinski definition) is 11. The van der Waals surface area contributed by atoms with Crippen LogP contribution in [0.15, 0.2) is 91.9 Å². The van der Waals surface area contributed by atoms with Crippen molar-refractivity contribution < 1.29 is 34.1 Å². The topological polar surface area (TPSA) is 172 Å². The van der Waals surface area contributed by atoms with Crippen molar-refractivity contribution in [2.45, 2.75) is 27.7 Å². The van der Waals surface area contributed by atoms with Crippen molar-refractivity contribution in [3.05, 3.63) is 77.0 Å². The van der Waals surface area contributed by atoms with Crippen molar-refractivity contribution in [3.8, 4) is 0 Å². The zero-order valence-corrected chi connectivity index (χ0v) is 20.8. The van der Waals surface area contributed by atoms with Gasteiger partial charge in [-0.2, -0.15) is 10.2 Å². The number of allylic oxidation sites excluding steroid dienone is 2. The molecular weight excluding hydrogens is 482 g/mol. The molecule has 2 aromatic carbocycles. The van der Waals surface area contributed by atoms with Crippen molar-refractivity contribution >= 4 is 34.9 Å². The lowest BCUT2D eigenvalue weighted by atomic mass is 10.2. The summed E-state index contributed by atoms with van der Waals surface area (Å²) < 4.78 is 9.63. The van der Waals surface area contributed by atoms with E-state index in [4.69, 9.17) is 9.47 Å². The predicted octanol–water partition coefficient (Wildman–Crippen LogP) is 5.81. The van der Waals surface area contributed by atoms with Crippen LogP contribution < -0.4 is 5.32 Å². The molecule has 0 aromatic heterocycles. The normalized spacial score (nSPS) is 12.6. The van der Waals surface area contributed by atoms with Gasteiger partial charge in [-0.05, 0) is 76.2 Å². The minimum absolute atomic E-state index is 0.124. The third-order valence-corrected chi connectivity index (χ3v) is 4.41. The first-order chi connectivity index (χ1) is 17.7. The van der Waals surface area contributed by atoms with Gasteiger partial charge < -0.3 is 25.0 Å². The third kappa shape index (κ3) is 8.69. The van der Waals surface area contributed by atoms with Crippen LogP contribution in [0.4, 0.5) is 17.1 Å². The SMILES string of the molecule is CCOC(=O)/C(N=Nc1ccc(NC(=O)c2ccc(N=N/C(C(=O)OCC)=C(\C)O)cc2)cc1)=C(/C)O. The first-order valence-corrected chi connectivity index (χ1v) is 11.1. The molecule has 0 saturated heterocycles.